The number of carbonyl (C=O) groups is 1. The predicted molar refractivity (Wildman–Crippen MR) is 74.1 cm³/mol. The third kappa shape index (κ3) is 3.26. The van der Waals surface area contributed by atoms with Gasteiger partial charge in [0, 0.05) is 5.56 Å². The lowest BCUT2D eigenvalue weighted by Gasteiger charge is -2.24. The second-order valence-corrected chi connectivity index (χ2v) is 10.9. The lowest BCUT2D eigenvalue weighted by Crippen LogP contribution is -2.41. The molecule has 0 fully saturated rings. The molecule has 0 atom stereocenters. The van der Waals surface area contributed by atoms with E-state index in [1.54, 1.807) is 12.1 Å². The fraction of sp³-hybridized carbons (Fsp3) is 0.500. The van der Waals surface area contributed by atoms with Crippen LogP contribution in [-0.4, -0.2) is 33.9 Å². The zero-order chi connectivity index (χ0) is 14.7. The molecule has 0 saturated heterocycles. The standard InChI is InChI=1S/C14H19F3OSi/c1-19(2,3)12-6-4-5-11(7-12)13(18)14(8-15,9-16)10-17/h4-7H,8-10H2,1-3H3. The van der Waals surface area contributed by atoms with Crippen LogP contribution in [0.5, 0.6) is 0 Å². The van der Waals surface area contributed by atoms with E-state index in [1.807, 2.05) is 6.07 Å². The molecule has 0 bridgehead atoms. The smallest absolute Gasteiger partial charge is 0.176 e. The quantitative estimate of drug-likeness (QED) is 0.580. The molecule has 0 aliphatic carbocycles. The summed E-state index contributed by atoms with van der Waals surface area (Å²) in [4.78, 5) is 12.1. The van der Waals surface area contributed by atoms with Crippen molar-refractivity contribution in [3.8, 4) is 0 Å². The number of alkyl halides is 3. The van der Waals surface area contributed by atoms with Crippen LogP contribution in [0.15, 0.2) is 24.3 Å². The Morgan fingerprint density at radius 3 is 2.05 bits per heavy atom. The molecule has 0 N–H and O–H groups in total. The van der Waals surface area contributed by atoms with Gasteiger partial charge < -0.3 is 0 Å². The Labute approximate surface area is 112 Å². The Bertz CT molecular complexity index is 442. The van der Waals surface area contributed by atoms with Gasteiger partial charge >= 0.3 is 0 Å². The molecule has 1 rings (SSSR count). The first-order chi connectivity index (χ1) is 8.80. The van der Waals surface area contributed by atoms with Crippen LogP contribution in [0.25, 0.3) is 0 Å². The second kappa shape index (κ2) is 5.90. The van der Waals surface area contributed by atoms with E-state index in [2.05, 4.69) is 19.6 Å². The fourth-order valence-electron chi connectivity index (χ4n) is 1.72. The molecule has 0 saturated carbocycles. The lowest BCUT2D eigenvalue weighted by atomic mass is 9.84. The van der Waals surface area contributed by atoms with Gasteiger partial charge in [-0.05, 0) is 0 Å². The highest BCUT2D eigenvalue weighted by Gasteiger charge is 2.40. The van der Waals surface area contributed by atoms with Crippen molar-refractivity contribution in [3.63, 3.8) is 0 Å². The number of rotatable bonds is 6. The van der Waals surface area contributed by atoms with Gasteiger partial charge in [-0.1, -0.05) is 49.1 Å². The summed E-state index contributed by atoms with van der Waals surface area (Å²) in [6.45, 7) is 2.33. The van der Waals surface area contributed by atoms with Crippen molar-refractivity contribution in [3.05, 3.63) is 29.8 Å². The van der Waals surface area contributed by atoms with Crippen molar-refractivity contribution in [2.75, 3.05) is 20.0 Å². The van der Waals surface area contributed by atoms with Crippen molar-refractivity contribution in [1.29, 1.82) is 0 Å². The molecule has 1 nitrogen and oxygen atoms in total. The summed E-state index contributed by atoms with van der Waals surface area (Å²) in [5.74, 6) is -0.792. The molecule has 0 radical (unpaired) electrons. The summed E-state index contributed by atoms with van der Waals surface area (Å²) in [6.07, 6.45) is 0. The van der Waals surface area contributed by atoms with E-state index >= 15 is 0 Å². The summed E-state index contributed by atoms with van der Waals surface area (Å²) < 4.78 is 38.7. The van der Waals surface area contributed by atoms with E-state index in [1.165, 1.54) is 6.07 Å². The van der Waals surface area contributed by atoms with Crippen molar-refractivity contribution in [2.24, 2.45) is 5.41 Å². The molecule has 0 spiro atoms. The van der Waals surface area contributed by atoms with Gasteiger partial charge in [-0.15, -0.1) is 0 Å². The van der Waals surface area contributed by atoms with E-state index in [-0.39, 0.29) is 5.56 Å². The maximum Gasteiger partial charge on any atom is 0.176 e. The average Bonchev–Trinajstić information content (AvgIpc) is 2.40. The molecule has 0 aliphatic rings. The number of halogens is 3. The summed E-state index contributed by atoms with van der Waals surface area (Å²) >= 11 is 0. The molecule has 5 heteroatoms. The first kappa shape index (κ1) is 16.0. The summed E-state index contributed by atoms with van der Waals surface area (Å²) in [6, 6.07) is 6.71. The zero-order valence-electron chi connectivity index (χ0n) is 11.5. The van der Waals surface area contributed by atoms with Gasteiger partial charge in [-0.25, -0.2) is 13.2 Å². The maximum atomic E-state index is 12.9. The number of ketones is 1. The summed E-state index contributed by atoms with van der Waals surface area (Å²) in [5.41, 5.74) is -1.98. The highest BCUT2D eigenvalue weighted by Crippen LogP contribution is 2.25. The van der Waals surface area contributed by atoms with Crippen LogP contribution >= 0.6 is 0 Å². The van der Waals surface area contributed by atoms with Gasteiger partial charge in [0.25, 0.3) is 0 Å². The van der Waals surface area contributed by atoms with E-state index < -0.39 is 39.3 Å². The monoisotopic (exact) mass is 288 g/mol. The number of benzene rings is 1. The largest absolute Gasteiger partial charge is 0.293 e. The van der Waals surface area contributed by atoms with Crippen molar-refractivity contribution in [2.45, 2.75) is 19.6 Å². The highest BCUT2D eigenvalue weighted by atomic mass is 28.3. The molecule has 0 aromatic heterocycles. The van der Waals surface area contributed by atoms with Crippen LogP contribution in [-0.2, 0) is 0 Å². The third-order valence-electron chi connectivity index (χ3n) is 3.24. The highest BCUT2D eigenvalue weighted by molar-refractivity contribution is 6.88. The zero-order valence-corrected chi connectivity index (χ0v) is 12.5. The Morgan fingerprint density at radius 1 is 1.11 bits per heavy atom. The van der Waals surface area contributed by atoms with Crippen molar-refractivity contribution in [1.82, 2.24) is 0 Å². The number of hydrogen-bond acceptors (Lipinski definition) is 1. The SMILES string of the molecule is C[Si](C)(C)c1cccc(C(=O)C(CF)(CF)CF)c1. The third-order valence-corrected chi connectivity index (χ3v) is 5.28. The molecule has 19 heavy (non-hydrogen) atoms. The first-order valence-electron chi connectivity index (χ1n) is 6.14. The summed E-state index contributed by atoms with van der Waals surface area (Å²) in [7, 11) is -1.63. The van der Waals surface area contributed by atoms with Crippen LogP contribution in [0.4, 0.5) is 13.2 Å². The van der Waals surface area contributed by atoms with Gasteiger partial charge in [0.15, 0.2) is 5.78 Å². The Hall–Kier alpha value is -1.10. The topological polar surface area (TPSA) is 17.1 Å². The van der Waals surface area contributed by atoms with Crippen LogP contribution < -0.4 is 5.19 Å². The Kier molecular flexibility index (Phi) is 4.96. The van der Waals surface area contributed by atoms with Gasteiger partial charge in [0.05, 0.1) is 8.07 Å². The molecule has 0 unspecified atom stereocenters. The number of Topliss-reactive ketones (excluding diaryl/α,β-unsaturated/α-hetero) is 1. The predicted octanol–water partition coefficient (Wildman–Crippen LogP) is 3.31. The Morgan fingerprint density at radius 2 is 1.63 bits per heavy atom. The van der Waals surface area contributed by atoms with Crippen LogP contribution in [0.1, 0.15) is 10.4 Å². The normalized spacial score (nSPS) is 12.5. The minimum absolute atomic E-state index is 0.188. The van der Waals surface area contributed by atoms with Crippen molar-refractivity contribution < 1.29 is 18.0 Å². The molecular formula is C14H19F3OSi. The lowest BCUT2D eigenvalue weighted by molar-refractivity contribution is 0.0599. The van der Waals surface area contributed by atoms with E-state index in [4.69, 9.17) is 0 Å². The van der Waals surface area contributed by atoms with E-state index in [0.29, 0.717) is 0 Å². The Balaban J connectivity index is 3.20. The molecular weight excluding hydrogens is 269 g/mol. The van der Waals surface area contributed by atoms with Gasteiger partial charge in [-0.3, -0.25) is 4.79 Å². The van der Waals surface area contributed by atoms with Gasteiger partial charge in [0.1, 0.15) is 25.4 Å². The molecule has 106 valence electrons. The van der Waals surface area contributed by atoms with Crippen LogP contribution in [0.2, 0.25) is 19.6 Å². The number of hydrogen-bond donors (Lipinski definition) is 0. The maximum absolute atomic E-state index is 12.9. The molecule has 0 aliphatic heterocycles. The van der Waals surface area contributed by atoms with Crippen LogP contribution in [0, 0.1) is 5.41 Å². The van der Waals surface area contributed by atoms with Crippen LogP contribution in [0.3, 0.4) is 0 Å². The van der Waals surface area contributed by atoms with Gasteiger partial charge in [0.2, 0.25) is 0 Å². The molecule has 1 aromatic rings. The van der Waals surface area contributed by atoms with Gasteiger partial charge in [-0.2, -0.15) is 0 Å². The second-order valence-electron chi connectivity index (χ2n) is 5.84. The molecule has 0 heterocycles. The van der Waals surface area contributed by atoms with Crippen molar-refractivity contribution >= 4 is 19.0 Å². The number of carbonyl (C=O) groups excluding carboxylic acids is 1. The summed E-state index contributed by atoms with van der Waals surface area (Å²) in [5, 5.41) is 1.00. The average molecular weight is 288 g/mol. The molecule has 1 aromatic carbocycles. The van der Waals surface area contributed by atoms with E-state index in [9.17, 15) is 18.0 Å². The minimum atomic E-state index is -2.17. The minimum Gasteiger partial charge on any atom is -0.293 e. The molecule has 0 amide bonds. The van der Waals surface area contributed by atoms with E-state index in [0.717, 1.165) is 5.19 Å². The fourth-order valence-corrected chi connectivity index (χ4v) is 2.91. The first-order valence-corrected chi connectivity index (χ1v) is 9.64.